The van der Waals surface area contributed by atoms with E-state index in [1.54, 1.807) is 6.92 Å². The number of carboxylic acid groups (broad SMARTS) is 1. The minimum atomic E-state index is -1.02. The summed E-state index contributed by atoms with van der Waals surface area (Å²) in [4.78, 5) is 33.5. The van der Waals surface area contributed by atoms with E-state index in [4.69, 9.17) is 10.1 Å². The maximum atomic E-state index is 12.3. The number of aromatic nitrogens is 3. The number of fused-ring (bicyclic) bond motifs is 2. The zero-order chi connectivity index (χ0) is 24.3. The fourth-order valence-electron chi connectivity index (χ4n) is 6.34. The van der Waals surface area contributed by atoms with Gasteiger partial charge in [0.2, 0.25) is 5.91 Å². The number of carbonyl (C=O) groups excluding carboxylic acids is 1. The van der Waals surface area contributed by atoms with Gasteiger partial charge in [-0.25, -0.2) is 14.5 Å². The fraction of sp³-hybridized carbons (Fsp3) is 0.481. The summed E-state index contributed by atoms with van der Waals surface area (Å²) >= 11 is 0. The second-order valence-corrected chi connectivity index (χ2v) is 10.3. The average molecular weight is 474 g/mol. The Morgan fingerprint density at radius 2 is 1.83 bits per heavy atom. The molecule has 1 N–H and O–H groups in total. The van der Waals surface area contributed by atoms with Crippen LogP contribution in [0.1, 0.15) is 66.7 Å². The number of nitrogens with zero attached hydrogens (tertiary/aromatic N) is 5. The molecule has 2 aromatic heterocycles. The van der Waals surface area contributed by atoms with Gasteiger partial charge in [-0.3, -0.25) is 4.79 Å². The largest absolute Gasteiger partial charge is 0.476 e. The molecule has 3 aromatic rings. The first-order valence-corrected chi connectivity index (χ1v) is 12.7. The summed E-state index contributed by atoms with van der Waals surface area (Å²) in [7, 11) is 0. The summed E-state index contributed by atoms with van der Waals surface area (Å²) in [5, 5.41) is 16.1. The van der Waals surface area contributed by atoms with Crippen molar-refractivity contribution in [1.82, 2.24) is 19.7 Å². The van der Waals surface area contributed by atoms with E-state index in [1.165, 1.54) is 6.42 Å². The van der Waals surface area contributed by atoms with Crippen LogP contribution in [0, 0.1) is 12.8 Å². The van der Waals surface area contributed by atoms with Gasteiger partial charge < -0.3 is 14.9 Å². The molecule has 4 heterocycles. The van der Waals surface area contributed by atoms with Crippen LogP contribution < -0.4 is 4.90 Å². The van der Waals surface area contributed by atoms with Crippen LogP contribution in [0.4, 0.5) is 5.69 Å². The molecule has 0 spiro atoms. The Morgan fingerprint density at radius 3 is 2.49 bits per heavy atom. The molecule has 8 heteroatoms. The van der Waals surface area contributed by atoms with Gasteiger partial charge in [0.05, 0.1) is 22.5 Å². The number of benzene rings is 1. The number of carboxylic acids is 1. The van der Waals surface area contributed by atoms with Gasteiger partial charge in [-0.2, -0.15) is 5.10 Å². The van der Waals surface area contributed by atoms with Gasteiger partial charge in [-0.05, 0) is 50.7 Å². The lowest BCUT2D eigenvalue weighted by molar-refractivity contribution is -0.130. The molecule has 2 atom stereocenters. The summed E-state index contributed by atoms with van der Waals surface area (Å²) in [5.41, 5.74) is 4.30. The molecule has 1 aliphatic carbocycles. The lowest BCUT2D eigenvalue weighted by Gasteiger charge is -2.40. The second kappa shape index (κ2) is 8.36. The summed E-state index contributed by atoms with van der Waals surface area (Å²) in [6, 6.07) is 10.1. The highest BCUT2D eigenvalue weighted by Crippen LogP contribution is 2.45. The molecular formula is C27H31N5O3. The molecular weight excluding hydrogens is 442 g/mol. The van der Waals surface area contributed by atoms with Crippen LogP contribution >= 0.6 is 0 Å². The van der Waals surface area contributed by atoms with Crippen molar-refractivity contribution >= 4 is 28.6 Å². The molecule has 182 valence electrons. The van der Waals surface area contributed by atoms with Gasteiger partial charge >= 0.3 is 5.97 Å². The molecule has 1 aromatic carbocycles. The highest BCUT2D eigenvalue weighted by Gasteiger charge is 2.41. The van der Waals surface area contributed by atoms with E-state index in [0.29, 0.717) is 23.0 Å². The third kappa shape index (κ3) is 3.49. The molecule has 8 nitrogen and oxygen atoms in total. The number of hydrogen-bond donors (Lipinski definition) is 1. The molecule has 35 heavy (non-hydrogen) atoms. The number of anilines is 1. The van der Waals surface area contributed by atoms with Crippen LogP contribution in [0.15, 0.2) is 30.3 Å². The van der Waals surface area contributed by atoms with Crippen LogP contribution in [0.2, 0.25) is 0 Å². The fourth-order valence-corrected chi connectivity index (χ4v) is 6.34. The van der Waals surface area contributed by atoms with Gasteiger partial charge in [0.1, 0.15) is 0 Å². The Morgan fingerprint density at radius 1 is 1.06 bits per heavy atom. The van der Waals surface area contributed by atoms with Gasteiger partial charge in [0.25, 0.3) is 0 Å². The van der Waals surface area contributed by atoms with Crippen molar-refractivity contribution in [3.8, 4) is 5.69 Å². The monoisotopic (exact) mass is 473 g/mol. The SMILES string of the molecule is CC(=O)N1CCC2CN(c3c(C)c(C(=O)O)nc4c3c(C3CCC3)nn4-c3ccccc3)CCC21. The van der Waals surface area contributed by atoms with Crippen molar-refractivity contribution in [1.29, 1.82) is 0 Å². The van der Waals surface area contributed by atoms with E-state index in [-0.39, 0.29) is 17.6 Å². The van der Waals surface area contributed by atoms with E-state index < -0.39 is 5.97 Å². The normalized spacial score (nSPS) is 22.3. The molecule has 3 fully saturated rings. The molecule has 1 saturated carbocycles. The minimum absolute atomic E-state index is 0.0867. The Kier molecular flexibility index (Phi) is 5.27. The van der Waals surface area contributed by atoms with Gasteiger partial charge in [0.15, 0.2) is 11.3 Å². The van der Waals surface area contributed by atoms with E-state index in [0.717, 1.165) is 67.8 Å². The van der Waals surface area contributed by atoms with E-state index in [9.17, 15) is 14.7 Å². The quantitative estimate of drug-likeness (QED) is 0.612. The number of para-hydroxylation sites is 1. The van der Waals surface area contributed by atoms with Crippen molar-refractivity contribution in [3.05, 3.63) is 47.3 Å². The standard InChI is InChI=1S/C27H31N5O3/c1-16-23(27(34)35)28-26-22(24(18-7-6-8-18)29-32(26)20-9-4-3-5-10-20)25(16)30-13-12-21-19(15-30)11-14-31(21)17(2)33/h3-5,9-10,18-19,21H,6-8,11-15H2,1-2H3,(H,34,35). The zero-order valence-corrected chi connectivity index (χ0v) is 20.3. The molecule has 1 amide bonds. The lowest BCUT2D eigenvalue weighted by Crippen LogP contribution is -2.47. The van der Waals surface area contributed by atoms with Gasteiger partial charge in [-0.1, -0.05) is 24.6 Å². The third-order valence-corrected chi connectivity index (χ3v) is 8.30. The number of hydrogen-bond acceptors (Lipinski definition) is 5. The summed E-state index contributed by atoms with van der Waals surface area (Å²) in [6.07, 6.45) is 5.25. The van der Waals surface area contributed by atoms with Crippen molar-refractivity contribution < 1.29 is 14.7 Å². The smallest absolute Gasteiger partial charge is 0.354 e. The van der Waals surface area contributed by atoms with Crippen LogP contribution in [0.25, 0.3) is 16.7 Å². The first kappa shape index (κ1) is 22.1. The number of likely N-dealkylation sites (tertiary alicyclic amines) is 1. The number of pyridine rings is 1. The predicted octanol–water partition coefficient (Wildman–Crippen LogP) is 4.14. The Hall–Kier alpha value is -3.42. The maximum absolute atomic E-state index is 12.3. The molecule has 2 saturated heterocycles. The topological polar surface area (TPSA) is 91.6 Å². The molecule has 6 rings (SSSR count). The van der Waals surface area contributed by atoms with Crippen LogP contribution in [0.5, 0.6) is 0 Å². The number of rotatable bonds is 4. The Labute approximate surface area is 204 Å². The average Bonchev–Trinajstić information content (AvgIpc) is 3.40. The second-order valence-electron chi connectivity index (χ2n) is 10.3. The van der Waals surface area contributed by atoms with Crippen LogP contribution in [-0.2, 0) is 4.79 Å². The van der Waals surface area contributed by atoms with Crippen molar-refractivity contribution in [2.24, 2.45) is 5.92 Å². The van der Waals surface area contributed by atoms with Crippen molar-refractivity contribution in [2.45, 2.75) is 57.9 Å². The molecule has 0 radical (unpaired) electrons. The molecule has 2 unspecified atom stereocenters. The Balaban J connectivity index is 1.53. The number of aromatic carboxylic acids is 1. The first-order valence-electron chi connectivity index (χ1n) is 12.7. The van der Waals surface area contributed by atoms with Gasteiger partial charge in [0, 0.05) is 44.1 Å². The molecule has 3 aliphatic rings. The number of piperidine rings is 1. The lowest BCUT2D eigenvalue weighted by atomic mass is 9.81. The van der Waals surface area contributed by atoms with E-state index in [2.05, 4.69) is 4.90 Å². The predicted molar refractivity (Wildman–Crippen MR) is 133 cm³/mol. The van der Waals surface area contributed by atoms with Crippen molar-refractivity contribution in [2.75, 3.05) is 24.5 Å². The third-order valence-electron chi connectivity index (χ3n) is 8.30. The number of carbonyl (C=O) groups is 2. The molecule has 0 bridgehead atoms. The Bertz CT molecular complexity index is 1310. The highest BCUT2D eigenvalue weighted by atomic mass is 16.4. The van der Waals surface area contributed by atoms with Crippen LogP contribution in [0.3, 0.4) is 0 Å². The minimum Gasteiger partial charge on any atom is -0.476 e. The molecule has 2 aliphatic heterocycles. The maximum Gasteiger partial charge on any atom is 0.354 e. The summed E-state index contributed by atoms with van der Waals surface area (Å²) < 4.78 is 1.83. The van der Waals surface area contributed by atoms with E-state index in [1.807, 2.05) is 46.8 Å². The summed E-state index contributed by atoms with van der Waals surface area (Å²) in [6.45, 7) is 5.95. The number of amides is 1. The van der Waals surface area contributed by atoms with Gasteiger partial charge in [-0.15, -0.1) is 0 Å². The highest BCUT2D eigenvalue weighted by molar-refractivity contribution is 6.01. The first-order chi connectivity index (χ1) is 16.9. The summed E-state index contributed by atoms with van der Waals surface area (Å²) in [5.74, 6) is -0.108. The zero-order valence-electron chi connectivity index (χ0n) is 20.3. The van der Waals surface area contributed by atoms with Crippen molar-refractivity contribution in [3.63, 3.8) is 0 Å². The van der Waals surface area contributed by atoms with E-state index >= 15 is 0 Å². The van der Waals surface area contributed by atoms with Crippen LogP contribution in [-0.4, -0.2) is 62.3 Å².